The predicted octanol–water partition coefficient (Wildman–Crippen LogP) is 0.620. The molecule has 0 amide bonds. The van der Waals surface area contributed by atoms with Crippen molar-refractivity contribution >= 4 is 5.97 Å². The highest BCUT2D eigenvalue weighted by Crippen LogP contribution is 1.88. The van der Waals surface area contributed by atoms with Gasteiger partial charge >= 0.3 is 5.97 Å². The lowest BCUT2D eigenvalue weighted by atomic mass is 10.4. The fourth-order valence-electron chi connectivity index (χ4n) is 0.203. The van der Waals surface area contributed by atoms with Crippen LogP contribution >= 0.6 is 0 Å². The normalized spacial score (nSPS) is 12.1. The number of carbonyl (C=O) groups is 1. The Bertz CT molecular complexity index is 97.8. The van der Waals surface area contributed by atoms with Gasteiger partial charge in [0.15, 0.2) is 6.10 Å². The Hall–Kier alpha value is -0.990. The summed E-state index contributed by atoms with van der Waals surface area (Å²) >= 11 is 0. The van der Waals surface area contributed by atoms with E-state index in [9.17, 15) is 4.79 Å². The van der Waals surface area contributed by atoms with E-state index >= 15 is 0 Å². The van der Waals surface area contributed by atoms with Gasteiger partial charge in [-0.1, -0.05) is 6.58 Å². The van der Waals surface area contributed by atoms with E-state index in [1.807, 2.05) is 0 Å². The fourth-order valence-corrected chi connectivity index (χ4v) is 0.203. The summed E-state index contributed by atoms with van der Waals surface area (Å²) in [5.74, 6) is -0.982. The molecule has 0 spiro atoms. The topological polar surface area (TPSA) is 46.5 Å². The van der Waals surface area contributed by atoms with Gasteiger partial charge in [-0.05, 0) is 6.92 Å². The van der Waals surface area contributed by atoms with Crippen molar-refractivity contribution in [3.05, 3.63) is 12.8 Å². The highest BCUT2D eigenvalue weighted by Gasteiger charge is 2.07. The maximum absolute atomic E-state index is 9.92. The van der Waals surface area contributed by atoms with Crippen molar-refractivity contribution in [1.29, 1.82) is 0 Å². The van der Waals surface area contributed by atoms with E-state index < -0.39 is 12.1 Å². The molecule has 0 radical (unpaired) electrons. The largest absolute Gasteiger partial charge is 0.487 e. The zero-order valence-corrected chi connectivity index (χ0v) is 4.63. The van der Waals surface area contributed by atoms with Gasteiger partial charge in [-0.15, -0.1) is 0 Å². The lowest BCUT2D eigenvalue weighted by Crippen LogP contribution is -2.16. The van der Waals surface area contributed by atoms with Gasteiger partial charge in [0.2, 0.25) is 0 Å². The molecule has 1 N–H and O–H groups in total. The first-order valence-corrected chi connectivity index (χ1v) is 2.17. The van der Waals surface area contributed by atoms with E-state index in [4.69, 9.17) is 5.11 Å². The molecule has 1 atom stereocenters. The minimum absolute atomic E-state index is 0.785. The molecule has 0 unspecified atom stereocenters. The third-order valence-corrected chi connectivity index (χ3v) is 0.648. The van der Waals surface area contributed by atoms with Gasteiger partial charge in [-0.3, -0.25) is 0 Å². The van der Waals surface area contributed by atoms with Crippen molar-refractivity contribution in [2.24, 2.45) is 0 Å². The smallest absolute Gasteiger partial charge is 0.344 e. The van der Waals surface area contributed by atoms with Crippen LogP contribution in [0.25, 0.3) is 0 Å². The third-order valence-electron chi connectivity index (χ3n) is 0.648. The van der Waals surface area contributed by atoms with Gasteiger partial charge in [-0.2, -0.15) is 0 Å². The molecule has 0 saturated carbocycles. The standard InChI is InChI=1S/C5H8O3/c1-3-8-4(2)5(6)7/h3-4H,1H2,2H3,(H,6,7)/t4-/m0/s1. The predicted molar refractivity (Wildman–Crippen MR) is 28.4 cm³/mol. The summed E-state index contributed by atoms with van der Waals surface area (Å²) < 4.78 is 4.47. The molecule has 3 nitrogen and oxygen atoms in total. The zero-order chi connectivity index (χ0) is 6.57. The Morgan fingerprint density at radius 3 is 2.62 bits per heavy atom. The van der Waals surface area contributed by atoms with Crippen LogP contribution in [0.3, 0.4) is 0 Å². The second-order valence-electron chi connectivity index (χ2n) is 1.28. The fraction of sp³-hybridized carbons (Fsp3) is 0.400. The molecule has 0 heterocycles. The molecule has 3 heteroatoms. The van der Waals surface area contributed by atoms with E-state index in [-0.39, 0.29) is 0 Å². The SMILES string of the molecule is C=CO[C@@H](C)C(=O)O. The Morgan fingerprint density at radius 1 is 2.00 bits per heavy atom. The number of rotatable bonds is 3. The van der Waals surface area contributed by atoms with Crippen LogP contribution in [0.15, 0.2) is 12.8 Å². The lowest BCUT2D eigenvalue weighted by molar-refractivity contribution is -0.145. The average molecular weight is 116 g/mol. The molecular formula is C5H8O3. The maximum atomic E-state index is 9.92. The molecular weight excluding hydrogens is 108 g/mol. The first kappa shape index (κ1) is 7.01. The van der Waals surface area contributed by atoms with E-state index in [1.165, 1.54) is 6.92 Å². The van der Waals surface area contributed by atoms with Gasteiger partial charge < -0.3 is 9.84 Å². The molecule has 46 valence electrons. The molecule has 0 aromatic carbocycles. The van der Waals surface area contributed by atoms with Crippen molar-refractivity contribution in [2.45, 2.75) is 13.0 Å². The highest BCUT2D eigenvalue weighted by atomic mass is 16.5. The summed E-state index contributed by atoms with van der Waals surface area (Å²) in [5.41, 5.74) is 0. The molecule has 0 rings (SSSR count). The van der Waals surface area contributed by atoms with Crippen molar-refractivity contribution in [2.75, 3.05) is 0 Å². The number of carboxylic acid groups (broad SMARTS) is 1. The van der Waals surface area contributed by atoms with Crippen molar-refractivity contribution in [1.82, 2.24) is 0 Å². The number of ether oxygens (including phenoxy) is 1. The number of hydrogen-bond donors (Lipinski definition) is 1. The van der Waals surface area contributed by atoms with Gasteiger partial charge in [0.05, 0.1) is 6.26 Å². The Kier molecular flexibility index (Phi) is 2.69. The molecule has 0 aliphatic carbocycles. The second kappa shape index (κ2) is 3.07. The van der Waals surface area contributed by atoms with E-state index in [0.717, 1.165) is 6.26 Å². The quantitative estimate of drug-likeness (QED) is 0.550. The zero-order valence-electron chi connectivity index (χ0n) is 4.63. The van der Waals surface area contributed by atoms with E-state index in [0.29, 0.717) is 0 Å². The van der Waals surface area contributed by atoms with Gasteiger partial charge in [0, 0.05) is 0 Å². The monoisotopic (exact) mass is 116 g/mol. The van der Waals surface area contributed by atoms with Crippen LogP contribution in [0, 0.1) is 0 Å². The van der Waals surface area contributed by atoms with Crippen LogP contribution in [-0.4, -0.2) is 17.2 Å². The summed E-state index contributed by atoms with van der Waals surface area (Å²) in [7, 11) is 0. The van der Waals surface area contributed by atoms with Gasteiger partial charge in [0.1, 0.15) is 0 Å². The minimum Gasteiger partial charge on any atom is -0.487 e. The molecule has 0 aliphatic rings. The molecule has 8 heavy (non-hydrogen) atoms. The molecule has 0 aliphatic heterocycles. The number of hydrogen-bond acceptors (Lipinski definition) is 2. The minimum atomic E-state index is -0.982. The van der Waals surface area contributed by atoms with E-state index in [2.05, 4.69) is 11.3 Å². The Morgan fingerprint density at radius 2 is 2.50 bits per heavy atom. The summed E-state index contributed by atoms with van der Waals surface area (Å²) in [4.78, 5) is 9.92. The lowest BCUT2D eigenvalue weighted by Gasteiger charge is -2.02. The van der Waals surface area contributed by atoms with Crippen LogP contribution in [-0.2, 0) is 9.53 Å². The number of carboxylic acids is 1. The van der Waals surface area contributed by atoms with Crippen LogP contribution < -0.4 is 0 Å². The van der Waals surface area contributed by atoms with Crippen LogP contribution in [0.4, 0.5) is 0 Å². The summed E-state index contributed by atoms with van der Waals surface area (Å²) in [6.07, 6.45) is 0.325. The summed E-state index contributed by atoms with van der Waals surface area (Å²) in [6, 6.07) is 0. The Labute approximate surface area is 47.6 Å². The second-order valence-corrected chi connectivity index (χ2v) is 1.28. The molecule has 0 aromatic heterocycles. The van der Waals surface area contributed by atoms with Crippen molar-refractivity contribution < 1.29 is 14.6 Å². The molecule has 0 fully saturated rings. The average Bonchev–Trinajstić information content (AvgIpc) is 1.67. The third kappa shape index (κ3) is 2.23. The van der Waals surface area contributed by atoms with Crippen molar-refractivity contribution in [3.8, 4) is 0 Å². The molecule has 0 bridgehead atoms. The summed E-state index contributed by atoms with van der Waals surface area (Å²) in [5, 5.41) is 8.14. The first-order chi connectivity index (χ1) is 3.68. The van der Waals surface area contributed by atoms with Gasteiger partial charge in [0.25, 0.3) is 0 Å². The van der Waals surface area contributed by atoms with Crippen LogP contribution in [0.5, 0.6) is 0 Å². The Balaban J connectivity index is 3.46. The van der Waals surface area contributed by atoms with Crippen LogP contribution in [0.1, 0.15) is 6.92 Å². The van der Waals surface area contributed by atoms with Gasteiger partial charge in [-0.25, -0.2) is 4.79 Å². The summed E-state index contributed by atoms with van der Waals surface area (Å²) in [6.45, 7) is 4.63. The molecule has 0 aromatic rings. The molecule has 0 saturated heterocycles. The highest BCUT2D eigenvalue weighted by molar-refractivity contribution is 5.71. The van der Waals surface area contributed by atoms with E-state index in [1.54, 1.807) is 0 Å². The number of aliphatic carboxylic acids is 1. The van der Waals surface area contributed by atoms with Crippen molar-refractivity contribution in [3.63, 3.8) is 0 Å². The maximum Gasteiger partial charge on any atom is 0.344 e. The first-order valence-electron chi connectivity index (χ1n) is 2.17. The van der Waals surface area contributed by atoms with Crippen LogP contribution in [0.2, 0.25) is 0 Å².